The van der Waals surface area contributed by atoms with Crippen LogP contribution in [0.15, 0.2) is 6.07 Å². The maximum Gasteiger partial charge on any atom is 0.103 e. The standard InChI is InChI=1S/C11H15N3/c1-5-14(4)11-6-8(2)13-9(3)10(11)7-12/h6H,5H2,1-4H3. The monoisotopic (exact) mass is 189 g/mol. The van der Waals surface area contributed by atoms with Gasteiger partial charge in [-0.1, -0.05) is 0 Å². The molecule has 0 amide bonds. The van der Waals surface area contributed by atoms with E-state index in [4.69, 9.17) is 5.26 Å². The van der Waals surface area contributed by atoms with Crippen molar-refractivity contribution < 1.29 is 0 Å². The maximum atomic E-state index is 9.02. The molecule has 74 valence electrons. The molecule has 1 aromatic heterocycles. The van der Waals surface area contributed by atoms with Crippen molar-refractivity contribution >= 4 is 5.69 Å². The lowest BCUT2D eigenvalue weighted by Gasteiger charge is -2.19. The average Bonchev–Trinajstić information content (AvgIpc) is 2.15. The zero-order valence-corrected chi connectivity index (χ0v) is 9.13. The molecule has 3 heteroatoms. The van der Waals surface area contributed by atoms with Crippen LogP contribution in [0.2, 0.25) is 0 Å². The molecule has 0 aliphatic heterocycles. The van der Waals surface area contributed by atoms with Crippen LogP contribution in [-0.4, -0.2) is 18.6 Å². The van der Waals surface area contributed by atoms with E-state index in [2.05, 4.69) is 22.9 Å². The molecule has 0 N–H and O–H groups in total. The molecule has 3 nitrogen and oxygen atoms in total. The zero-order chi connectivity index (χ0) is 10.7. The minimum atomic E-state index is 0.681. The first-order valence-corrected chi connectivity index (χ1v) is 4.69. The summed E-state index contributed by atoms with van der Waals surface area (Å²) in [5.41, 5.74) is 3.42. The largest absolute Gasteiger partial charge is 0.374 e. The third-order valence-electron chi connectivity index (χ3n) is 2.31. The van der Waals surface area contributed by atoms with Gasteiger partial charge in [0.2, 0.25) is 0 Å². The van der Waals surface area contributed by atoms with Crippen LogP contribution in [0.5, 0.6) is 0 Å². The van der Waals surface area contributed by atoms with Gasteiger partial charge in [-0.15, -0.1) is 0 Å². The molecule has 14 heavy (non-hydrogen) atoms. The second-order valence-corrected chi connectivity index (χ2v) is 3.37. The Hall–Kier alpha value is -1.56. The maximum absolute atomic E-state index is 9.02. The molecule has 0 aliphatic carbocycles. The Balaban J connectivity index is 3.34. The smallest absolute Gasteiger partial charge is 0.103 e. The quantitative estimate of drug-likeness (QED) is 0.714. The first-order chi connectivity index (χ1) is 6.60. The molecule has 0 radical (unpaired) electrons. The molecule has 0 bridgehead atoms. The van der Waals surface area contributed by atoms with Crippen LogP contribution in [0, 0.1) is 25.2 Å². The number of aryl methyl sites for hydroxylation is 2. The summed E-state index contributed by atoms with van der Waals surface area (Å²) < 4.78 is 0. The van der Waals surface area contributed by atoms with Crippen LogP contribution in [0.25, 0.3) is 0 Å². The molecular weight excluding hydrogens is 174 g/mol. The van der Waals surface area contributed by atoms with Gasteiger partial charge in [0, 0.05) is 19.3 Å². The fourth-order valence-corrected chi connectivity index (χ4v) is 1.42. The van der Waals surface area contributed by atoms with Gasteiger partial charge >= 0.3 is 0 Å². The highest BCUT2D eigenvalue weighted by Crippen LogP contribution is 2.21. The van der Waals surface area contributed by atoms with Crippen LogP contribution in [0.3, 0.4) is 0 Å². The lowest BCUT2D eigenvalue weighted by atomic mass is 10.1. The van der Waals surface area contributed by atoms with E-state index < -0.39 is 0 Å². The predicted octanol–water partition coefficient (Wildman–Crippen LogP) is 2.03. The van der Waals surface area contributed by atoms with Crippen LogP contribution in [-0.2, 0) is 0 Å². The van der Waals surface area contributed by atoms with Crippen molar-refractivity contribution in [1.82, 2.24) is 4.98 Å². The van der Waals surface area contributed by atoms with Crippen molar-refractivity contribution in [1.29, 1.82) is 5.26 Å². The van der Waals surface area contributed by atoms with Crippen molar-refractivity contribution in [2.45, 2.75) is 20.8 Å². The van der Waals surface area contributed by atoms with Crippen LogP contribution >= 0.6 is 0 Å². The fourth-order valence-electron chi connectivity index (χ4n) is 1.42. The Morgan fingerprint density at radius 2 is 2.14 bits per heavy atom. The second-order valence-electron chi connectivity index (χ2n) is 3.37. The first kappa shape index (κ1) is 10.5. The summed E-state index contributed by atoms with van der Waals surface area (Å²) in [5, 5.41) is 9.02. The van der Waals surface area contributed by atoms with Gasteiger partial charge in [0.05, 0.1) is 16.9 Å². The van der Waals surface area contributed by atoms with Gasteiger partial charge in [-0.3, -0.25) is 4.98 Å². The summed E-state index contributed by atoms with van der Waals surface area (Å²) in [4.78, 5) is 6.33. The molecule has 0 aromatic carbocycles. The van der Waals surface area contributed by atoms with Gasteiger partial charge in [0.15, 0.2) is 0 Å². The molecule has 0 aliphatic rings. The van der Waals surface area contributed by atoms with Crippen molar-refractivity contribution in [2.24, 2.45) is 0 Å². The highest BCUT2D eigenvalue weighted by molar-refractivity contribution is 5.61. The van der Waals surface area contributed by atoms with Crippen LogP contribution in [0.1, 0.15) is 23.9 Å². The highest BCUT2D eigenvalue weighted by atomic mass is 15.1. The molecule has 0 fully saturated rings. The number of pyridine rings is 1. The number of hydrogen-bond acceptors (Lipinski definition) is 3. The van der Waals surface area contributed by atoms with E-state index >= 15 is 0 Å². The van der Waals surface area contributed by atoms with E-state index in [1.54, 1.807) is 0 Å². The molecule has 1 heterocycles. The summed E-state index contributed by atoms with van der Waals surface area (Å²) >= 11 is 0. The Bertz CT molecular complexity index is 377. The summed E-state index contributed by atoms with van der Waals surface area (Å²) in [6.07, 6.45) is 0. The molecule has 0 spiro atoms. The zero-order valence-electron chi connectivity index (χ0n) is 9.13. The number of rotatable bonds is 2. The summed E-state index contributed by atoms with van der Waals surface area (Å²) in [5.74, 6) is 0. The summed E-state index contributed by atoms with van der Waals surface area (Å²) in [6.45, 7) is 6.77. The van der Waals surface area contributed by atoms with E-state index in [9.17, 15) is 0 Å². The SMILES string of the molecule is CCN(C)c1cc(C)nc(C)c1C#N. The topological polar surface area (TPSA) is 39.9 Å². The molecule has 1 rings (SSSR count). The van der Waals surface area contributed by atoms with Gasteiger partial charge in [-0.25, -0.2) is 0 Å². The van der Waals surface area contributed by atoms with Gasteiger partial charge in [0.25, 0.3) is 0 Å². The Morgan fingerprint density at radius 3 is 2.64 bits per heavy atom. The van der Waals surface area contributed by atoms with Crippen LogP contribution < -0.4 is 4.90 Å². The normalized spacial score (nSPS) is 9.64. The van der Waals surface area contributed by atoms with E-state index in [-0.39, 0.29) is 0 Å². The Labute approximate surface area is 85.0 Å². The number of hydrogen-bond donors (Lipinski definition) is 0. The average molecular weight is 189 g/mol. The molecule has 0 saturated heterocycles. The number of anilines is 1. The highest BCUT2D eigenvalue weighted by Gasteiger charge is 2.10. The van der Waals surface area contributed by atoms with Crippen molar-refractivity contribution in [3.05, 3.63) is 23.0 Å². The van der Waals surface area contributed by atoms with Crippen LogP contribution in [0.4, 0.5) is 5.69 Å². The lowest BCUT2D eigenvalue weighted by Crippen LogP contribution is -2.18. The first-order valence-electron chi connectivity index (χ1n) is 4.69. The predicted molar refractivity (Wildman–Crippen MR) is 57.4 cm³/mol. The molecule has 0 unspecified atom stereocenters. The second kappa shape index (κ2) is 4.10. The van der Waals surface area contributed by atoms with E-state index in [1.807, 2.05) is 27.0 Å². The number of nitrogens with zero attached hydrogens (tertiary/aromatic N) is 3. The van der Waals surface area contributed by atoms with Gasteiger partial charge < -0.3 is 4.90 Å². The van der Waals surface area contributed by atoms with E-state index in [1.165, 1.54) is 0 Å². The Kier molecular flexibility index (Phi) is 3.08. The third kappa shape index (κ3) is 1.85. The van der Waals surface area contributed by atoms with Crippen molar-refractivity contribution in [2.75, 3.05) is 18.5 Å². The minimum Gasteiger partial charge on any atom is -0.374 e. The summed E-state index contributed by atoms with van der Waals surface area (Å²) in [7, 11) is 1.98. The number of aromatic nitrogens is 1. The molecule has 0 saturated carbocycles. The summed E-state index contributed by atoms with van der Waals surface area (Å²) in [6, 6.07) is 4.16. The molecule has 0 atom stereocenters. The van der Waals surface area contributed by atoms with Gasteiger partial charge in [-0.05, 0) is 26.8 Å². The van der Waals surface area contributed by atoms with Gasteiger partial charge in [0.1, 0.15) is 6.07 Å². The fraction of sp³-hybridized carbons (Fsp3) is 0.455. The molecule has 1 aromatic rings. The molecular formula is C11H15N3. The van der Waals surface area contributed by atoms with Crippen molar-refractivity contribution in [3.8, 4) is 6.07 Å². The Morgan fingerprint density at radius 1 is 1.50 bits per heavy atom. The third-order valence-corrected chi connectivity index (χ3v) is 2.31. The minimum absolute atomic E-state index is 0.681. The van der Waals surface area contributed by atoms with E-state index in [0.717, 1.165) is 23.6 Å². The van der Waals surface area contributed by atoms with Gasteiger partial charge in [-0.2, -0.15) is 5.26 Å². The van der Waals surface area contributed by atoms with Crippen molar-refractivity contribution in [3.63, 3.8) is 0 Å². The van der Waals surface area contributed by atoms with E-state index in [0.29, 0.717) is 5.56 Å². The lowest BCUT2D eigenvalue weighted by molar-refractivity contribution is 0.951. The number of nitriles is 1.